The first-order valence-corrected chi connectivity index (χ1v) is 6.05. The van der Waals surface area contributed by atoms with Gasteiger partial charge in [0.25, 0.3) is 0 Å². The van der Waals surface area contributed by atoms with Gasteiger partial charge >= 0.3 is 5.97 Å². The van der Waals surface area contributed by atoms with E-state index in [4.69, 9.17) is 9.47 Å². The van der Waals surface area contributed by atoms with E-state index in [1.165, 1.54) is 14.2 Å². The van der Waals surface area contributed by atoms with E-state index < -0.39 is 18.0 Å². The maximum atomic E-state index is 11.3. The van der Waals surface area contributed by atoms with E-state index in [2.05, 4.69) is 0 Å². The van der Waals surface area contributed by atoms with E-state index in [0.29, 0.717) is 17.1 Å². The van der Waals surface area contributed by atoms with Gasteiger partial charge in [-0.2, -0.15) is 0 Å². The Bertz CT molecular complexity index is 441. The molecule has 0 heterocycles. The number of hydrogen-bond donors (Lipinski definition) is 2. The molecule has 0 saturated carbocycles. The van der Waals surface area contributed by atoms with Gasteiger partial charge < -0.3 is 19.7 Å². The largest absolute Gasteiger partial charge is 0.493 e. The fourth-order valence-corrected chi connectivity index (χ4v) is 2.12. The van der Waals surface area contributed by atoms with Crippen LogP contribution in [-0.2, 0) is 4.79 Å². The molecule has 19 heavy (non-hydrogen) atoms. The molecule has 1 aromatic rings. The minimum absolute atomic E-state index is 0.205. The number of benzene rings is 1. The highest BCUT2D eigenvalue weighted by atomic mass is 16.5. The van der Waals surface area contributed by atoms with Gasteiger partial charge in [-0.25, -0.2) is 0 Å². The van der Waals surface area contributed by atoms with Crippen LogP contribution in [0.5, 0.6) is 11.5 Å². The van der Waals surface area contributed by atoms with Gasteiger partial charge in [0.05, 0.1) is 26.2 Å². The average Bonchev–Trinajstić information content (AvgIpc) is 2.36. The van der Waals surface area contributed by atoms with E-state index in [-0.39, 0.29) is 5.92 Å². The van der Waals surface area contributed by atoms with Crippen molar-refractivity contribution in [3.8, 4) is 11.5 Å². The molecule has 0 fully saturated rings. The molecule has 0 amide bonds. The third-order valence-corrected chi connectivity index (χ3v) is 3.10. The van der Waals surface area contributed by atoms with Crippen LogP contribution in [-0.4, -0.2) is 30.4 Å². The Kier molecular flexibility index (Phi) is 5.18. The average molecular weight is 268 g/mol. The van der Waals surface area contributed by atoms with Crippen LogP contribution in [0.15, 0.2) is 18.2 Å². The molecule has 0 aliphatic heterocycles. The molecule has 1 aromatic carbocycles. The molecule has 0 aliphatic carbocycles. The lowest BCUT2D eigenvalue weighted by atomic mass is 9.86. The topological polar surface area (TPSA) is 76.0 Å². The van der Waals surface area contributed by atoms with Crippen molar-refractivity contribution in [3.05, 3.63) is 23.8 Å². The lowest BCUT2D eigenvalue weighted by Crippen LogP contribution is -2.27. The van der Waals surface area contributed by atoms with Gasteiger partial charge in [-0.1, -0.05) is 26.0 Å². The van der Waals surface area contributed by atoms with Crippen LogP contribution in [0.3, 0.4) is 0 Å². The fraction of sp³-hybridized carbons (Fsp3) is 0.500. The summed E-state index contributed by atoms with van der Waals surface area (Å²) in [5, 5.41) is 19.6. The zero-order valence-electron chi connectivity index (χ0n) is 11.6. The summed E-state index contributed by atoms with van der Waals surface area (Å²) in [5.74, 6) is -1.31. The number of hydrogen-bond acceptors (Lipinski definition) is 4. The van der Waals surface area contributed by atoms with E-state index in [9.17, 15) is 15.0 Å². The second kappa shape index (κ2) is 6.43. The molecule has 1 rings (SSSR count). The molecular weight excluding hydrogens is 248 g/mol. The Morgan fingerprint density at radius 1 is 1.21 bits per heavy atom. The van der Waals surface area contributed by atoms with Crippen molar-refractivity contribution in [2.75, 3.05) is 14.2 Å². The Morgan fingerprint density at radius 2 is 1.84 bits per heavy atom. The molecule has 5 nitrogen and oxygen atoms in total. The van der Waals surface area contributed by atoms with Crippen LogP contribution < -0.4 is 9.47 Å². The van der Waals surface area contributed by atoms with E-state index in [1.54, 1.807) is 32.0 Å². The van der Waals surface area contributed by atoms with Gasteiger partial charge in [0.2, 0.25) is 0 Å². The number of carboxylic acids is 1. The molecule has 5 heteroatoms. The lowest BCUT2D eigenvalue weighted by molar-refractivity contribution is -0.148. The lowest BCUT2D eigenvalue weighted by Gasteiger charge is -2.24. The van der Waals surface area contributed by atoms with Crippen molar-refractivity contribution >= 4 is 5.97 Å². The van der Waals surface area contributed by atoms with E-state index in [0.717, 1.165) is 0 Å². The predicted octanol–water partition coefficient (Wildman–Crippen LogP) is 2.09. The van der Waals surface area contributed by atoms with Gasteiger partial charge in [0, 0.05) is 5.56 Å². The van der Waals surface area contributed by atoms with Gasteiger partial charge in [0.15, 0.2) is 11.5 Å². The molecule has 0 saturated heterocycles. The summed E-state index contributed by atoms with van der Waals surface area (Å²) >= 11 is 0. The molecule has 0 spiro atoms. The van der Waals surface area contributed by atoms with E-state index >= 15 is 0 Å². The molecule has 2 atom stereocenters. The number of methoxy groups -OCH3 is 2. The van der Waals surface area contributed by atoms with E-state index in [1.807, 2.05) is 0 Å². The molecular formula is C14H20O5. The SMILES string of the molecule is COc1cccc(C(O)C(C(=O)O)C(C)C)c1OC. The number of ether oxygens (including phenoxy) is 2. The molecule has 106 valence electrons. The highest BCUT2D eigenvalue weighted by Gasteiger charge is 2.33. The summed E-state index contributed by atoms with van der Waals surface area (Å²) in [6.45, 7) is 3.52. The van der Waals surface area contributed by atoms with Crippen molar-refractivity contribution in [2.24, 2.45) is 11.8 Å². The molecule has 0 radical (unpaired) electrons. The number of carbonyl (C=O) groups is 1. The minimum Gasteiger partial charge on any atom is -0.493 e. The molecule has 0 aromatic heterocycles. The summed E-state index contributed by atoms with van der Waals surface area (Å²) in [6.07, 6.45) is -1.15. The van der Waals surface area contributed by atoms with Crippen molar-refractivity contribution < 1.29 is 24.5 Å². The fourth-order valence-electron chi connectivity index (χ4n) is 2.12. The highest BCUT2D eigenvalue weighted by molar-refractivity contribution is 5.71. The van der Waals surface area contributed by atoms with Gasteiger partial charge in [-0.15, -0.1) is 0 Å². The number of aliphatic hydroxyl groups is 1. The monoisotopic (exact) mass is 268 g/mol. The van der Waals surface area contributed by atoms with Crippen LogP contribution in [0.25, 0.3) is 0 Å². The van der Waals surface area contributed by atoms with Gasteiger partial charge in [0.1, 0.15) is 0 Å². The van der Waals surface area contributed by atoms with Crippen molar-refractivity contribution in [2.45, 2.75) is 20.0 Å². The number of carboxylic acid groups (broad SMARTS) is 1. The van der Waals surface area contributed by atoms with Crippen LogP contribution in [0.1, 0.15) is 25.5 Å². The summed E-state index contributed by atoms with van der Waals surface area (Å²) in [6, 6.07) is 5.03. The van der Waals surface area contributed by atoms with Crippen molar-refractivity contribution in [3.63, 3.8) is 0 Å². The Hall–Kier alpha value is -1.75. The quantitative estimate of drug-likeness (QED) is 0.826. The van der Waals surface area contributed by atoms with Gasteiger partial charge in [-0.05, 0) is 12.0 Å². The summed E-state index contributed by atoms with van der Waals surface area (Å²) in [5.41, 5.74) is 0.419. The third-order valence-electron chi connectivity index (χ3n) is 3.10. The zero-order valence-corrected chi connectivity index (χ0v) is 11.6. The zero-order chi connectivity index (χ0) is 14.6. The Morgan fingerprint density at radius 3 is 2.26 bits per heavy atom. The highest BCUT2D eigenvalue weighted by Crippen LogP contribution is 2.39. The second-order valence-electron chi connectivity index (χ2n) is 4.64. The summed E-state index contributed by atoms with van der Waals surface area (Å²) in [4.78, 5) is 11.3. The van der Waals surface area contributed by atoms with Gasteiger partial charge in [-0.3, -0.25) is 4.79 Å². The summed E-state index contributed by atoms with van der Waals surface area (Å²) in [7, 11) is 2.95. The standard InChI is InChI=1S/C14H20O5/c1-8(2)11(14(16)17)12(15)9-6-5-7-10(18-3)13(9)19-4/h5-8,11-12,15H,1-4H3,(H,16,17). The Labute approximate surface area is 112 Å². The molecule has 0 bridgehead atoms. The van der Waals surface area contributed by atoms with Crippen LogP contribution in [0.4, 0.5) is 0 Å². The number of aliphatic hydroxyl groups excluding tert-OH is 1. The first-order valence-electron chi connectivity index (χ1n) is 6.05. The summed E-state index contributed by atoms with van der Waals surface area (Å²) < 4.78 is 10.4. The Balaban J connectivity index is 3.24. The van der Waals surface area contributed by atoms with Crippen molar-refractivity contribution in [1.82, 2.24) is 0 Å². The predicted molar refractivity (Wildman–Crippen MR) is 70.5 cm³/mol. The first kappa shape index (κ1) is 15.3. The normalized spacial score (nSPS) is 14.0. The first-order chi connectivity index (χ1) is 8.93. The third kappa shape index (κ3) is 3.17. The number of rotatable bonds is 6. The van der Waals surface area contributed by atoms with Crippen molar-refractivity contribution in [1.29, 1.82) is 0 Å². The van der Waals surface area contributed by atoms with Crippen LogP contribution in [0, 0.1) is 11.8 Å². The molecule has 2 unspecified atom stereocenters. The number of para-hydroxylation sites is 1. The maximum absolute atomic E-state index is 11.3. The maximum Gasteiger partial charge on any atom is 0.309 e. The molecule has 0 aliphatic rings. The molecule has 2 N–H and O–H groups in total. The van der Waals surface area contributed by atoms with Crippen LogP contribution >= 0.6 is 0 Å². The minimum atomic E-state index is -1.15. The van der Waals surface area contributed by atoms with Crippen LogP contribution in [0.2, 0.25) is 0 Å². The number of aliphatic carboxylic acids is 1. The smallest absolute Gasteiger partial charge is 0.309 e. The second-order valence-corrected chi connectivity index (χ2v) is 4.64.